The van der Waals surface area contributed by atoms with Gasteiger partial charge < -0.3 is 9.64 Å². The second kappa shape index (κ2) is 9.51. The third kappa shape index (κ3) is 5.55. The fraction of sp³-hybridized carbons (Fsp3) is 0.167. The number of ether oxygens (including phenoxy) is 1. The maximum Gasteiger partial charge on any atom is 0.338 e. The van der Waals surface area contributed by atoms with E-state index in [9.17, 15) is 9.59 Å². The quantitative estimate of drug-likeness (QED) is 0.578. The summed E-state index contributed by atoms with van der Waals surface area (Å²) in [5.41, 5.74) is 3.47. The van der Waals surface area contributed by atoms with Gasteiger partial charge in [0.05, 0.1) is 5.56 Å². The van der Waals surface area contributed by atoms with Crippen molar-refractivity contribution in [3.05, 3.63) is 107 Å². The van der Waals surface area contributed by atoms with Crippen LogP contribution >= 0.6 is 0 Å². The summed E-state index contributed by atoms with van der Waals surface area (Å²) in [4.78, 5) is 26.8. The van der Waals surface area contributed by atoms with Gasteiger partial charge in [-0.2, -0.15) is 0 Å². The van der Waals surface area contributed by atoms with Crippen molar-refractivity contribution in [2.45, 2.75) is 20.0 Å². The maximum atomic E-state index is 12.8. The SMILES string of the molecule is Cc1cccc(C(=O)OCC(=O)N(Cc2ccccc2)Cc2ccccc2)c1. The lowest BCUT2D eigenvalue weighted by molar-refractivity contribution is -0.135. The largest absolute Gasteiger partial charge is 0.452 e. The van der Waals surface area contributed by atoms with Gasteiger partial charge in [-0.1, -0.05) is 78.4 Å². The number of hydrogen-bond acceptors (Lipinski definition) is 3. The van der Waals surface area contributed by atoms with Crippen LogP contribution in [-0.2, 0) is 22.6 Å². The van der Waals surface area contributed by atoms with Crippen molar-refractivity contribution in [1.29, 1.82) is 0 Å². The number of hydrogen-bond donors (Lipinski definition) is 0. The Morgan fingerprint density at radius 2 is 1.36 bits per heavy atom. The average molecular weight is 373 g/mol. The summed E-state index contributed by atoms with van der Waals surface area (Å²) in [7, 11) is 0. The summed E-state index contributed by atoms with van der Waals surface area (Å²) in [5, 5.41) is 0. The van der Waals surface area contributed by atoms with Crippen molar-refractivity contribution in [2.24, 2.45) is 0 Å². The molecule has 0 aliphatic heterocycles. The van der Waals surface area contributed by atoms with Crippen LogP contribution in [0.1, 0.15) is 27.0 Å². The number of aryl methyl sites for hydroxylation is 1. The minimum absolute atomic E-state index is 0.228. The lowest BCUT2D eigenvalue weighted by atomic mass is 10.1. The molecule has 1 amide bonds. The van der Waals surface area contributed by atoms with Crippen LogP contribution in [0.15, 0.2) is 84.9 Å². The highest BCUT2D eigenvalue weighted by molar-refractivity contribution is 5.91. The van der Waals surface area contributed by atoms with E-state index in [1.807, 2.05) is 73.7 Å². The minimum Gasteiger partial charge on any atom is -0.452 e. The highest BCUT2D eigenvalue weighted by Gasteiger charge is 2.17. The molecule has 28 heavy (non-hydrogen) atoms. The molecule has 0 spiro atoms. The van der Waals surface area contributed by atoms with Crippen molar-refractivity contribution in [3.8, 4) is 0 Å². The van der Waals surface area contributed by atoms with Crippen LogP contribution < -0.4 is 0 Å². The molecule has 0 aliphatic rings. The molecule has 142 valence electrons. The van der Waals surface area contributed by atoms with Gasteiger partial charge in [0.25, 0.3) is 5.91 Å². The van der Waals surface area contributed by atoms with Gasteiger partial charge in [0.15, 0.2) is 6.61 Å². The van der Waals surface area contributed by atoms with Crippen molar-refractivity contribution < 1.29 is 14.3 Å². The second-order valence-corrected chi connectivity index (χ2v) is 6.67. The molecular formula is C24H23NO3. The molecule has 0 unspecified atom stereocenters. The molecule has 0 aromatic heterocycles. The molecule has 0 aliphatic carbocycles. The van der Waals surface area contributed by atoms with E-state index in [2.05, 4.69) is 0 Å². The molecule has 0 N–H and O–H groups in total. The van der Waals surface area contributed by atoms with Gasteiger partial charge in [0, 0.05) is 13.1 Å². The fourth-order valence-corrected chi connectivity index (χ4v) is 2.91. The number of carbonyl (C=O) groups is 2. The first-order valence-corrected chi connectivity index (χ1v) is 9.21. The minimum atomic E-state index is -0.489. The lowest BCUT2D eigenvalue weighted by Crippen LogP contribution is -2.33. The molecule has 0 saturated carbocycles. The van der Waals surface area contributed by atoms with Gasteiger partial charge in [-0.3, -0.25) is 4.79 Å². The zero-order valence-corrected chi connectivity index (χ0v) is 15.9. The van der Waals surface area contributed by atoms with E-state index in [1.54, 1.807) is 23.1 Å². The third-order valence-electron chi connectivity index (χ3n) is 4.37. The average Bonchev–Trinajstić information content (AvgIpc) is 2.73. The number of esters is 1. The summed E-state index contributed by atoms with van der Waals surface area (Å²) >= 11 is 0. The normalized spacial score (nSPS) is 10.3. The van der Waals surface area contributed by atoms with Crippen molar-refractivity contribution >= 4 is 11.9 Å². The summed E-state index contributed by atoms with van der Waals surface area (Å²) in [5.74, 6) is -0.717. The Balaban J connectivity index is 1.67. The van der Waals surface area contributed by atoms with Gasteiger partial charge in [0.1, 0.15) is 0 Å². The number of rotatable bonds is 7. The topological polar surface area (TPSA) is 46.6 Å². The molecule has 0 saturated heterocycles. The Kier molecular flexibility index (Phi) is 6.58. The molecule has 0 bridgehead atoms. The van der Waals surface area contributed by atoms with E-state index < -0.39 is 5.97 Å². The molecule has 3 aromatic rings. The Morgan fingerprint density at radius 1 is 0.786 bits per heavy atom. The van der Waals surface area contributed by atoms with E-state index in [0.29, 0.717) is 18.7 Å². The van der Waals surface area contributed by atoms with Crippen LogP contribution in [0.3, 0.4) is 0 Å². The van der Waals surface area contributed by atoms with Crippen LogP contribution in [-0.4, -0.2) is 23.4 Å². The zero-order valence-electron chi connectivity index (χ0n) is 15.9. The van der Waals surface area contributed by atoms with Crippen LogP contribution in [0.2, 0.25) is 0 Å². The number of amides is 1. The van der Waals surface area contributed by atoms with Crippen LogP contribution in [0, 0.1) is 6.92 Å². The van der Waals surface area contributed by atoms with Crippen LogP contribution in [0.5, 0.6) is 0 Å². The summed E-state index contributed by atoms with van der Waals surface area (Å²) in [6.45, 7) is 2.53. The summed E-state index contributed by atoms with van der Waals surface area (Å²) in [6, 6.07) is 26.7. The monoisotopic (exact) mass is 373 g/mol. The summed E-state index contributed by atoms with van der Waals surface area (Å²) in [6.07, 6.45) is 0. The van der Waals surface area contributed by atoms with E-state index in [0.717, 1.165) is 16.7 Å². The van der Waals surface area contributed by atoms with Gasteiger partial charge >= 0.3 is 5.97 Å². The zero-order chi connectivity index (χ0) is 19.8. The lowest BCUT2D eigenvalue weighted by Gasteiger charge is -2.23. The smallest absolute Gasteiger partial charge is 0.338 e. The highest BCUT2D eigenvalue weighted by atomic mass is 16.5. The Hall–Kier alpha value is -3.40. The first-order chi connectivity index (χ1) is 13.6. The Bertz CT molecular complexity index is 881. The molecule has 3 rings (SSSR count). The number of carbonyl (C=O) groups excluding carboxylic acids is 2. The molecule has 4 nitrogen and oxygen atoms in total. The fourth-order valence-electron chi connectivity index (χ4n) is 2.91. The van der Waals surface area contributed by atoms with Gasteiger partial charge in [0.2, 0.25) is 0 Å². The van der Waals surface area contributed by atoms with Gasteiger partial charge in [-0.25, -0.2) is 4.79 Å². The van der Waals surface area contributed by atoms with E-state index in [4.69, 9.17) is 4.74 Å². The molecule has 0 fully saturated rings. The van der Waals surface area contributed by atoms with E-state index in [1.165, 1.54) is 0 Å². The van der Waals surface area contributed by atoms with E-state index >= 15 is 0 Å². The maximum absolute atomic E-state index is 12.8. The number of nitrogens with zero attached hydrogens (tertiary/aromatic N) is 1. The highest BCUT2D eigenvalue weighted by Crippen LogP contribution is 2.11. The van der Waals surface area contributed by atoms with E-state index in [-0.39, 0.29) is 12.5 Å². The Labute approximate surface area is 165 Å². The third-order valence-corrected chi connectivity index (χ3v) is 4.37. The predicted molar refractivity (Wildman–Crippen MR) is 109 cm³/mol. The van der Waals surface area contributed by atoms with Crippen molar-refractivity contribution in [1.82, 2.24) is 4.90 Å². The summed E-state index contributed by atoms with van der Waals surface area (Å²) < 4.78 is 5.27. The Morgan fingerprint density at radius 3 is 1.89 bits per heavy atom. The molecule has 3 aromatic carbocycles. The molecule has 0 heterocycles. The molecule has 0 atom stereocenters. The first-order valence-electron chi connectivity index (χ1n) is 9.21. The number of benzene rings is 3. The van der Waals surface area contributed by atoms with Crippen molar-refractivity contribution in [3.63, 3.8) is 0 Å². The van der Waals surface area contributed by atoms with Crippen molar-refractivity contribution in [2.75, 3.05) is 6.61 Å². The van der Waals surface area contributed by atoms with Gasteiger partial charge in [-0.15, -0.1) is 0 Å². The van der Waals surface area contributed by atoms with Gasteiger partial charge in [-0.05, 0) is 30.2 Å². The molecule has 4 heteroatoms. The second-order valence-electron chi connectivity index (χ2n) is 6.67. The van der Waals surface area contributed by atoms with Crippen LogP contribution in [0.4, 0.5) is 0 Å². The predicted octanol–water partition coefficient (Wildman–Crippen LogP) is 4.38. The molecule has 0 radical (unpaired) electrons. The first kappa shape index (κ1) is 19.4. The van der Waals surface area contributed by atoms with Crippen LogP contribution in [0.25, 0.3) is 0 Å². The standard InChI is InChI=1S/C24H23NO3/c1-19-9-8-14-22(15-19)24(27)28-18-23(26)25(16-20-10-4-2-5-11-20)17-21-12-6-3-7-13-21/h2-15H,16-18H2,1H3. The molecular weight excluding hydrogens is 350 g/mol.